The molecule has 2 N–H and O–H groups in total. The number of nitrogens with zero attached hydrogens (tertiary/aromatic N) is 5. The first-order valence-electron chi connectivity index (χ1n) is 24.3. The molecule has 0 aromatic heterocycles. The molecule has 16 nitrogen and oxygen atoms in total. The molecule has 0 spiro atoms. The average Bonchev–Trinajstić information content (AvgIpc) is 4.21. The van der Waals surface area contributed by atoms with Crippen LogP contribution in [-0.2, 0) is 27.5 Å². The van der Waals surface area contributed by atoms with Crippen molar-refractivity contribution in [3.8, 4) is 11.5 Å². The quantitative estimate of drug-likeness (QED) is 0.0160. The molecule has 4 aromatic rings. The molecule has 2 aliphatic heterocycles. The number of halogens is 1. The standard InChI is InChI=1S/C54H60FN5O11/c1-2-30-69-54-50(58(35-38-9-16-41(55)17-10-38)51(63)24-15-37-11-18-42(19-12-37)59(64)65)34-48(56-70-36-39-13-20-43(21-14-39)60(66)67)46-32-40(7-3-5-28-61)45(8-4-6-29-62)52(53(46)54)47-33-44(22-23-49(47)71-54)68-31-27-57-25-26-57/h2,9-24,32-33,40,45,50,52-53,61-62H,1,3-8,25-31,34-36H2/t40-,45+,50-,52+,53+,54+/m0/s1. The molecular formula is C54H60FN5O11. The van der Waals surface area contributed by atoms with Gasteiger partial charge in [0, 0.05) is 87.6 Å². The zero-order valence-corrected chi connectivity index (χ0v) is 39.6. The molecule has 4 aliphatic rings. The summed E-state index contributed by atoms with van der Waals surface area (Å²) in [5.41, 5.74) is 3.86. The van der Waals surface area contributed by atoms with Gasteiger partial charge in [-0.3, -0.25) is 29.9 Å². The van der Waals surface area contributed by atoms with Crippen LogP contribution in [0.25, 0.3) is 6.08 Å². The van der Waals surface area contributed by atoms with Crippen LogP contribution in [0.3, 0.4) is 0 Å². The highest BCUT2D eigenvalue weighted by Crippen LogP contribution is 2.62. The van der Waals surface area contributed by atoms with Crippen LogP contribution in [0.4, 0.5) is 15.8 Å². The lowest BCUT2D eigenvalue weighted by Crippen LogP contribution is -2.70. The number of aliphatic hydroxyl groups excluding tert-OH is 2. The first kappa shape index (κ1) is 50.6. The summed E-state index contributed by atoms with van der Waals surface area (Å²) in [6, 6.07) is 22.6. The Morgan fingerprint density at radius 2 is 1.59 bits per heavy atom. The molecule has 2 heterocycles. The van der Waals surface area contributed by atoms with Gasteiger partial charge in [0.2, 0.25) is 11.7 Å². The third kappa shape index (κ3) is 12.0. The summed E-state index contributed by atoms with van der Waals surface area (Å²) in [4.78, 5) is 47.2. The van der Waals surface area contributed by atoms with Crippen molar-refractivity contribution < 1.29 is 48.3 Å². The van der Waals surface area contributed by atoms with Crippen LogP contribution < -0.4 is 9.47 Å². The van der Waals surface area contributed by atoms with Gasteiger partial charge in [0.05, 0.1) is 28.1 Å². The Morgan fingerprint density at radius 1 is 0.915 bits per heavy atom. The van der Waals surface area contributed by atoms with Crippen LogP contribution in [-0.4, -0.2) is 99.4 Å². The van der Waals surface area contributed by atoms with Gasteiger partial charge < -0.3 is 34.2 Å². The highest BCUT2D eigenvalue weighted by molar-refractivity contribution is 6.03. The Labute approximate surface area is 412 Å². The van der Waals surface area contributed by atoms with E-state index in [0.717, 1.165) is 56.5 Å². The molecule has 71 heavy (non-hydrogen) atoms. The van der Waals surface area contributed by atoms with E-state index >= 15 is 4.79 Å². The van der Waals surface area contributed by atoms with E-state index in [2.05, 4.69) is 17.6 Å². The van der Waals surface area contributed by atoms with Gasteiger partial charge in [0.15, 0.2) is 0 Å². The molecule has 2 aliphatic carbocycles. The van der Waals surface area contributed by atoms with Crippen LogP contribution in [0.5, 0.6) is 11.5 Å². The highest BCUT2D eigenvalue weighted by atomic mass is 19.1. The lowest BCUT2D eigenvalue weighted by molar-refractivity contribution is -0.385. The number of unbranched alkanes of at least 4 members (excludes halogenated alkanes) is 2. The monoisotopic (exact) mass is 973 g/mol. The van der Waals surface area contributed by atoms with E-state index in [4.69, 9.17) is 24.2 Å². The Balaban J connectivity index is 1.31. The number of hydrogen-bond acceptors (Lipinski definition) is 13. The molecular weight excluding hydrogens is 914 g/mol. The van der Waals surface area contributed by atoms with Gasteiger partial charge in [0.1, 0.15) is 36.6 Å². The molecule has 1 saturated carbocycles. The largest absolute Gasteiger partial charge is 0.492 e. The molecule has 6 atom stereocenters. The molecule has 0 radical (unpaired) electrons. The SMILES string of the molecule is C=CCO[C@@]12Oc3ccc(OCCN4CC4)cc3[C@H]3[C@H](CCCCO)[C@@H](CCCCO)C=C(C(=NOCc4ccc([N+](=O)[O-])cc4)C[C@@H]1N(Cc1ccc(F)cc1)C(=O)C=Cc1ccc([N+](=O)[O-])cc1)[C@H]32. The Morgan fingerprint density at radius 3 is 2.25 bits per heavy atom. The number of rotatable bonds is 25. The minimum Gasteiger partial charge on any atom is -0.492 e. The number of fused-ring (bicyclic) bond motifs is 2. The van der Waals surface area contributed by atoms with Crippen molar-refractivity contribution in [1.82, 2.24) is 9.80 Å². The predicted octanol–water partition coefficient (Wildman–Crippen LogP) is 8.91. The predicted molar refractivity (Wildman–Crippen MR) is 264 cm³/mol. The van der Waals surface area contributed by atoms with E-state index in [1.807, 2.05) is 18.2 Å². The number of carbonyl (C=O) groups is 1. The lowest BCUT2D eigenvalue weighted by atomic mass is 9.55. The maximum atomic E-state index is 15.2. The van der Waals surface area contributed by atoms with Crippen molar-refractivity contribution in [3.05, 3.63) is 170 Å². The third-order valence-corrected chi connectivity index (χ3v) is 13.9. The summed E-state index contributed by atoms with van der Waals surface area (Å²) in [6.45, 7) is 7.42. The van der Waals surface area contributed by atoms with Crippen molar-refractivity contribution in [2.24, 2.45) is 22.9 Å². The van der Waals surface area contributed by atoms with Crippen molar-refractivity contribution in [3.63, 3.8) is 0 Å². The normalized spacial score (nSPS) is 22.7. The van der Waals surface area contributed by atoms with Crippen LogP contribution in [0, 0.1) is 43.8 Å². The van der Waals surface area contributed by atoms with Crippen LogP contribution in [0.2, 0.25) is 0 Å². The van der Waals surface area contributed by atoms with Gasteiger partial charge in [-0.15, -0.1) is 6.58 Å². The summed E-state index contributed by atoms with van der Waals surface area (Å²) in [5, 5.41) is 47.8. The van der Waals surface area contributed by atoms with E-state index in [0.29, 0.717) is 53.3 Å². The second-order valence-electron chi connectivity index (χ2n) is 18.4. The molecule has 1 amide bonds. The number of hydrogen-bond donors (Lipinski definition) is 2. The van der Waals surface area contributed by atoms with Gasteiger partial charge >= 0.3 is 0 Å². The number of amides is 1. The molecule has 2 fully saturated rings. The molecule has 17 heteroatoms. The number of ether oxygens (including phenoxy) is 3. The number of carbonyl (C=O) groups excluding carboxylic acids is 1. The maximum absolute atomic E-state index is 15.2. The number of nitro groups is 2. The topological polar surface area (TPSA) is 199 Å². The summed E-state index contributed by atoms with van der Waals surface area (Å²) < 4.78 is 35.4. The molecule has 4 aromatic carbocycles. The fourth-order valence-electron chi connectivity index (χ4n) is 10.3. The zero-order chi connectivity index (χ0) is 49.9. The smallest absolute Gasteiger partial charge is 0.269 e. The number of aliphatic hydroxyl groups is 2. The van der Waals surface area contributed by atoms with Crippen LogP contribution in [0.1, 0.15) is 73.1 Å². The number of nitro benzene ring substituents is 2. The molecule has 374 valence electrons. The molecule has 8 rings (SSSR count). The number of benzene rings is 4. The minimum atomic E-state index is -1.61. The number of non-ortho nitro benzene ring substituents is 2. The van der Waals surface area contributed by atoms with Crippen molar-refractivity contribution in [2.45, 2.75) is 75.8 Å². The second-order valence-corrected chi connectivity index (χ2v) is 18.4. The molecule has 1 saturated heterocycles. The number of oxime groups is 1. The Kier molecular flexibility index (Phi) is 16.7. The summed E-state index contributed by atoms with van der Waals surface area (Å²) in [5.74, 6) is -2.37. The van der Waals surface area contributed by atoms with Gasteiger partial charge in [-0.1, -0.05) is 42.3 Å². The summed E-state index contributed by atoms with van der Waals surface area (Å²) >= 11 is 0. The van der Waals surface area contributed by atoms with Crippen LogP contribution >= 0.6 is 0 Å². The maximum Gasteiger partial charge on any atom is 0.269 e. The van der Waals surface area contributed by atoms with E-state index in [-0.39, 0.29) is 68.5 Å². The van der Waals surface area contributed by atoms with E-state index in [9.17, 15) is 34.8 Å². The van der Waals surface area contributed by atoms with Crippen molar-refractivity contribution in [2.75, 3.05) is 46.1 Å². The highest BCUT2D eigenvalue weighted by Gasteiger charge is 2.65. The minimum absolute atomic E-state index is 0.0231. The molecule has 0 unspecified atom stereocenters. The molecule has 0 bridgehead atoms. The van der Waals surface area contributed by atoms with E-state index in [1.54, 1.807) is 53.5 Å². The Hall–Kier alpha value is -6.79. The first-order chi connectivity index (χ1) is 34.5. The first-order valence-corrected chi connectivity index (χ1v) is 24.3. The van der Waals surface area contributed by atoms with Crippen LogP contribution in [0.15, 0.2) is 127 Å². The van der Waals surface area contributed by atoms with Gasteiger partial charge in [0.25, 0.3) is 11.4 Å². The zero-order valence-electron chi connectivity index (χ0n) is 39.6. The summed E-state index contributed by atoms with van der Waals surface area (Å²) in [7, 11) is 0. The fourth-order valence-corrected chi connectivity index (χ4v) is 10.3. The Bertz CT molecular complexity index is 2600. The average molecular weight is 974 g/mol. The lowest BCUT2D eigenvalue weighted by Gasteiger charge is -2.60. The van der Waals surface area contributed by atoms with Gasteiger partial charge in [-0.25, -0.2) is 4.39 Å². The third-order valence-electron chi connectivity index (χ3n) is 13.9. The van der Waals surface area contributed by atoms with E-state index < -0.39 is 39.3 Å². The van der Waals surface area contributed by atoms with Gasteiger partial charge in [-0.05, 0) is 120 Å². The fraction of sp³-hybridized carbons (Fsp3) is 0.407. The van der Waals surface area contributed by atoms with Crippen molar-refractivity contribution in [1.29, 1.82) is 0 Å². The summed E-state index contributed by atoms with van der Waals surface area (Å²) in [6.07, 6.45) is 11.0. The number of allylic oxidation sites excluding steroid dienone is 1. The van der Waals surface area contributed by atoms with Crippen molar-refractivity contribution >= 4 is 29.1 Å². The second kappa shape index (κ2) is 23.4. The van der Waals surface area contributed by atoms with E-state index in [1.165, 1.54) is 42.5 Å². The van der Waals surface area contributed by atoms with Gasteiger partial charge in [-0.2, -0.15) is 0 Å².